The zero-order valence-electron chi connectivity index (χ0n) is 10.9. The largest absolute Gasteiger partial charge is 0.316 e. The van der Waals surface area contributed by atoms with Crippen LogP contribution >= 0.6 is 0 Å². The van der Waals surface area contributed by atoms with E-state index < -0.39 is 15.8 Å². The van der Waals surface area contributed by atoms with Crippen molar-refractivity contribution in [3.05, 3.63) is 29.6 Å². The summed E-state index contributed by atoms with van der Waals surface area (Å²) in [6.07, 6.45) is 1.92. The van der Waals surface area contributed by atoms with Crippen molar-refractivity contribution in [3.8, 4) is 0 Å². The van der Waals surface area contributed by atoms with Gasteiger partial charge < -0.3 is 5.32 Å². The SMILES string of the molecule is Cc1cc(S(=O)(=O)NCCC2CCNC2)ccc1F. The van der Waals surface area contributed by atoms with E-state index in [1.165, 1.54) is 18.2 Å². The molecule has 19 heavy (non-hydrogen) atoms. The molecule has 0 aromatic heterocycles. The molecule has 2 N–H and O–H groups in total. The van der Waals surface area contributed by atoms with Gasteiger partial charge >= 0.3 is 0 Å². The molecule has 0 spiro atoms. The molecule has 0 radical (unpaired) electrons. The predicted molar refractivity (Wildman–Crippen MR) is 71.9 cm³/mol. The van der Waals surface area contributed by atoms with Gasteiger partial charge in [-0.1, -0.05) is 0 Å². The first-order valence-electron chi connectivity index (χ1n) is 6.45. The molecule has 1 aromatic rings. The van der Waals surface area contributed by atoms with Crippen LogP contribution in [0.2, 0.25) is 0 Å². The third-order valence-electron chi connectivity index (χ3n) is 3.45. The van der Waals surface area contributed by atoms with E-state index in [0.29, 0.717) is 18.0 Å². The van der Waals surface area contributed by atoms with Crippen molar-refractivity contribution in [1.29, 1.82) is 0 Å². The van der Waals surface area contributed by atoms with Gasteiger partial charge in [-0.2, -0.15) is 0 Å². The minimum atomic E-state index is -3.53. The van der Waals surface area contributed by atoms with Crippen LogP contribution in [0.3, 0.4) is 0 Å². The van der Waals surface area contributed by atoms with Crippen LogP contribution in [0.15, 0.2) is 23.1 Å². The molecule has 1 heterocycles. The van der Waals surface area contributed by atoms with E-state index in [1.54, 1.807) is 6.92 Å². The summed E-state index contributed by atoms with van der Waals surface area (Å²) < 4.78 is 39.7. The number of benzene rings is 1. The average Bonchev–Trinajstić information content (AvgIpc) is 2.85. The smallest absolute Gasteiger partial charge is 0.240 e. The molecular weight excluding hydrogens is 267 g/mol. The Morgan fingerprint density at radius 1 is 1.47 bits per heavy atom. The topological polar surface area (TPSA) is 58.2 Å². The van der Waals surface area contributed by atoms with Crippen molar-refractivity contribution in [2.75, 3.05) is 19.6 Å². The quantitative estimate of drug-likeness (QED) is 0.860. The molecule has 1 fully saturated rings. The van der Waals surface area contributed by atoms with E-state index in [2.05, 4.69) is 10.0 Å². The van der Waals surface area contributed by atoms with Gasteiger partial charge in [0, 0.05) is 6.54 Å². The molecule has 1 aromatic carbocycles. The molecule has 106 valence electrons. The standard InChI is InChI=1S/C13H19FN2O2S/c1-10-8-12(2-3-13(10)14)19(17,18)16-7-5-11-4-6-15-9-11/h2-3,8,11,15-16H,4-7,9H2,1H3. The second kappa shape index (κ2) is 5.98. The Balaban J connectivity index is 1.95. The van der Waals surface area contributed by atoms with Crippen LogP contribution in [0.4, 0.5) is 4.39 Å². The molecule has 1 aliphatic heterocycles. The van der Waals surface area contributed by atoms with E-state index in [1.807, 2.05) is 0 Å². The lowest BCUT2D eigenvalue weighted by Gasteiger charge is -2.10. The monoisotopic (exact) mass is 286 g/mol. The van der Waals surface area contributed by atoms with Gasteiger partial charge in [0.2, 0.25) is 10.0 Å². The first-order chi connectivity index (χ1) is 8.99. The highest BCUT2D eigenvalue weighted by atomic mass is 32.2. The number of nitrogens with one attached hydrogen (secondary N) is 2. The Bertz CT molecular complexity index is 540. The second-order valence-corrected chi connectivity index (χ2v) is 6.72. The lowest BCUT2D eigenvalue weighted by molar-refractivity contribution is 0.519. The number of hydrogen-bond donors (Lipinski definition) is 2. The van der Waals surface area contributed by atoms with Crippen LogP contribution in [0.1, 0.15) is 18.4 Å². The Morgan fingerprint density at radius 3 is 2.89 bits per heavy atom. The zero-order chi connectivity index (χ0) is 13.9. The molecule has 0 aliphatic carbocycles. The molecule has 6 heteroatoms. The molecule has 1 atom stereocenters. The van der Waals surface area contributed by atoms with Gasteiger partial charge in [-0.15, -0.1) is 0 Å². The molecular formula is C13H19FN2O2S. The van der Waals surface area contributed by atoms with Gasteiger partial charge in [0.1, 0.15) is 5.82 Å². The van der Waals surface area contributed by atoms with Crippen LogP contribution in [-0.2, 0) is 10.0 Å². The Morgan fingerprint density at radius 2 is 2.26 bits per heavy atom. The van der Waals surface area contributed by atoms with Crippen LogP contribution in [0.5, 0.6) is 0 Å². The summed E-state index contributed by atoms with van der Waals surface area (Å²) in [5.74, 6) is 0.147. The van der Waals surface area contributed by atoms with Crippen LogP contribution < -0.4 is 10.0 Å². The van der Waals surface area contributed by atoms with E-state index in [4.69, 9.17) is 0 Å². The maximum Gasteiger partial charge on any atom is 0.240 e. The summed E-state index contributed by atoms with van der Waals surface area (Å²) in [4.78, 5) is 0.121. The number of rotatable bonds is 5. The van der Waals surface area contributed by atoms with Crippen LogP contribution in [0, 0.1) is 18.7 Å². The minimum Gasteiger partial charge on any atom is -0.316 e. The third-order valence-corrected chi connectivity index (χ3v) is 4.91. The minimum absolute atomic E-state index is 0.121. The number of sulfonamides is 1. The van der Waals surface area contributed by atoms with E-state index >= 15 is 0 Å². The van der Waals surface area contributed by atoms with Crippen molar-refractivity contribution >= 4 is 10.0 Å². The summed E-state index contributed by atoms with van der Waals surface area (Å²) in [6.45, 7) is 3.94. The lowest BCUT2D eigenvalue weighted by Crippen LogP contribution is -2.26. The van der Waals surface area contributed by atoms with Crippen LogP contribution in [0.25, 0.3) is 0 Å². The maximum absolute atomic E-state index is 13.1. The van der Waals surface area contributed by atoms with Crippen molar-refractivity contribution < 1.29 is 12.8 Å². The fourth-order valence-corrected chi connectivity index (χ4v) is 3.36. The van der Waals surface area contributed by atoms with E-state index in [9.17, 15) is 12.8 Å². The fraction of sp³-hybridized carbons (Fsp3) is 0.538. The summed E-state index contributed by atoms with van der Waals surface area (Å²) in [7, 11) is -3.53. The highest BCUT2D eigenvalue weighted by Gasteiger charge is 2.18. The first-order valence-corrected chi connectivity index (χ1v) is 7.94. The van der Waals surface area contributed by atoms with Gasteiger partial charge in [-0.3, -0.25) is 0 Å². The highest BCUT2D eigenvalue weighted by Crippen LogP contribution is 2.15. The van der Waals surface area contributed by atoms with Gasteiger partial charge in [0.25, 0.3) is 0 Å². The van der Waals surface area contributed by atoms with E-state index in [0.717, 1.165) is 25.9 Å². The zero-order valence-corrected chi connectivity index (χ0v) is 11.8. The summed E-state index contributed by atoms with van der Waals surface area (Å²) in [6, 6.07) is 3.83. The summed E-state index contributed by atoms with van der Waals surface area (Å²) in [5.41, 5.74) is 0.336. The number of halogens is 1. The van der Waals surface area contributed by atoms with Crippen LogP contribution in [-0.4, -0.2) is 28.1 Å². The number of hydrogen-bond acceptors (Lipinski definition) is 3. The molecule has 0 bridgehead atoms. The number of aryl methyl sites for hydroxylation is 1. The third kappa shape index (κ3) is 3.75. The molecule has 4 nitrogen and oxygen atoms in total. The van der Waals surface area contributed by atoms with Crippen molar-refractivity contribution in [3.63, 3.8) is 0 Å². The van der Waals surface area contributed by atoms with Crippen molar-refractivity contribution in [2.24, 2.45) is 5.92 Å². The molecule has 1 unspecified atom stereocenters. The maximum atomic E-state index is 13.1. The van der Waals surface area contributed by atoms with Crippen molar-refractivity contribution in [2.45, 2.75) is 24.7 Å². The van der Waals surface area contributed by atoms with Crippen molar-refractivity contribution in [1.82, 2.24) is 10.0 Å². The molecule has 0 saturated carbocycles. The van der Waals surface area contributed by atoms with E-state index in [-0.39, 0.29) is 4.90 Å². The first kappa shape index (κ1) is 14.4. The Kier molecular flexibility index (Phi) is 4.54. The Hall–Kier alpha value is -0.980. The highest BCUT2D eigenvalue weighted by molar-refractivity contribution is 7.89. The van der Waals surface area contributed by atoms with Gasteiger partial charge in [0.15, 0.2) is 0 Å². The van der Waals surface area contributed by atoms with Gasteiger partial charge in [0.05, 0.1) is 4.90 Å². The predicted octanol–water partition coefficient (Wildman–Crippen LogP) is 1.41. The average molecular weight is 286 g/mol. The summed E-state index contributed by atoms with van der Waals surface area (Å²) in [5, 5.41) is 3.25. The summed E-state index contributed by atoms with van der Waals surface area (Å²) >= 11 is 0. The fourth-order valence-electron chi connectivity index (χ4n) is 2.23. The Labute approximate surface area is 113 Å². The molecule has 1 aliphatic rings. The van der Waals surface area contributed by atoms with Gasteiger partial charge in [-0.05, 0) is 62.5 Å². The molecule has 1 saturated heterocycles. The molecule has 2 rings (SSSR count). The normalized spacial score (nSPS) is 19.8. The lowest BCUT2D eigenvalue weighted by atomic mass is 10.1. The van der Waals surface area contributed by atoms with Gasteiger partial charge in [-0.25, -0.2) is 17.5 Å². The molecule has 0 amide bonds. The second-order valence-electron chi connectivity index (χ2n) is 4.96.